The second-order valence-corrected chi connectivity index (χ2v) is 4.71. The van der Waals surface area contributed by atoms with Gasteiger partial charge in [0.15, 0.2) is 5.84 Å². The second kappa shape index (κ2) is 6.94. The SMILES string of the molecule is COc1cccc(/C(N)=N/O)c1NC(=O)C1CCCCO1. The van der Waals surface area contributed by atoms with Crippen molar-refractivity contribution in [2.45, 2.75) is 25.4 Å². The normalized spacial score (nSPS) is 19.1. The Hall–Kier alpha value is -2.28. The molecule has 1 aliphatic heterocycles. The molecule has 1 fully saturated rings. The number of benzene rings is 1. The molecule has 1 amide bonds. The van der Waals surface area contributed by atoms with Crippen LogP contribution in [0.4, 0.5) is 5.69 Å². The van der Waals surface area contributed by atoms with Gasteiger partial charge in [-0.05, 0) is 31.4 Å². The summed E-state index contributed by atoms with van der Waals surface area (Å²) in [5, 5.41) is 14.6. The molecular weight excluding hydrogens is 274 g/mol. The van der Waals surface area contributed by atoms with Crippen LogP contribution in [0, 0.1) is 0 Å². The van der Waals surface area contributed by atoms with Crippen LogP contribution in [-0.2, 0) is 9.53 Å². The zero-order chi connectivity index (χ0) is 15.2. The molecule has 1 saturated heterocycles. The van der Waals surface area contributed by atoms with E-state index in [0.29, 0.717) is 30.0 Å². The van der Waals surface area contributed by atoms with Crippen LogP contribution in [-0.4, -0.2) is 36.8 Å². The molecule has 114 valence electrons. The van der Waals surface area contributed by atoms with E-state index in [1.807, 2.05) is 0 Å². The number of nitrogens with zero attached hydrogens (tertiary/aromatic N) is 1. The molecule has 2 rings (SSSR count). The fourth-order valence-corrected chi connectivity index (χ4v) is 2.25. The molecule has 7 heteroatoms. The van der Waals surface area contributed by atoms with Crippen molar-refractivity contribution in [3.8, 4) is 5.75 Å². The molecule has 0 radical (unpaired) electrons. The first-order valence-electron chi connectivity index (χ1n) is 6.74. The smallest absolute Gasteiger partial charge is 0.253 e. The summed E-state index contributed by atoms with van der Waals surface area (Å²) in [6.45, 7) is 0.580. The summed E-state index contributed by atoms with van der Waals surface area (Å²) < 4.78 is 10.7. The predicted octanol–water partition coefficient (Wildman–Crippen LogP) is 1.30. The van der Waals surface area contributed by atoms with E-state index in [1.165, 1.54) is 7.11 Å². The van der Waals surface area contributed by atoms with E-state index in [9.17, 15) is 4.79 Å². The summed E-state index contributed by atoms with van der Waals surface area (Å²) in [5.41, 5.74) is 6.39. The Labute approximate surface area is 122 Å². The molecular formula is C14H19N3O4. The number of hydrogen-bond acceptors (Lipinski definition) is 5. The summed E-state index contributed by atoms with van der Waals surface area (Å²) in [5.74, 6) is 0.0724. The molecule has 21 heavy (non-hydrogen) atoms. The van der Waals surface area contributed by atoms with Crippen molar-refractivity contribution < 1.29 is 19.5 Å². The van der Waals surface area contributed by atoms with Gasteiger partial charge >= 0.3 is 0 Å². The largest absolute Gasteiger partial charge is 0.495 e. The van der Waals surface area contributed by atoms with Gasteiger partial charge in [0.1, 0.15) is 11.9 Å². The van der Waals surface area contributed by atoms with Crippen LogP contribution in [0.15, 0.2) is 23.4 Å². The number of methoxy groups -OCH3 is 1. The zero-order valence-electron chi connectivity index (χ0n) is 11.8. The molecule has 1 aromatic rings. The lowest BCUT2D eigenvalue weighted by molar-refractivity contribution is -0.129. The summed E-state index contributed by atoms with van der Waals surface area (Å²) in [6.07, 6.45) is 2.12. The molecule has 1 heterocycles. The fraction of sp³-hybridized carbons (Fsp3) is 0.429. The number of ether oxygens (including phenoxy) is 2. The number of anilines is 1. The number of amides is 1. The minimum atomic E-state index is -0.483. The number of oxime groups is 1. The summed E-state index contributed by atoms with van der Waals surface area (Å²) >= 11 is 0. The molecule has 1 aliphatic rings. The first kappa shape index (κ1) is 15.1. The van der Waals surface area contributed by atoms with Gasteiger partial charge in [0.2, 0.25) is 0 Å². The van der Waals surface area contributed by atoms with Gasteiger partial charge in [-0.1, -0.05) is 11.2 Å². The first-order valence-corrected chi connectivity index (χ1v) is 6.74. The molecule has 0 bridgehead atoms. The van der Waals surface area contributed by atoms with Crippen molar-refractivity contribution in [3.63, 3.8) is 0 Å². The average Bonchev–Trinajstić information content (AvgIpc) is 2.55. The first-order chi connectivity index (χ1) is 10.2. The Morgan fingerprint density at radius 2 is 2.33 bits per heavy atom. The molecule has 1 atom stereocenters. The standard InChI is InChI=1S/C14H19N3O4/c1-20-10-7-4-5-9(13(15)17-19)12(10)16-14(18)11-6-2-3-8-21-11/h4-5,7,11,19H,2-3,6,8H2,1H3,(H2,15,17)(H,16,18). The summed E-state index contributed by atoms with van der Waals surface area (Å²) in [6, 6.07) is 5.01. The molecule has 0 aromatic heterocycles. The molecule has 7 nitrogen and oxygen atoms in total. The Morgan fingerprint density at radius 1 is 1.52 bits per heavy atom. The lowest BCUT2D eigenvalue weighted by Crippen LogP contribution is -2.34. The number of rotatable bonds is 4. The predicted molar refractivity (Wildman–Crippen MR) is 77.7 cm³/mol. The van der Waals surface area contributed by atoms with Gasteiger partial charge in [-0.15, -0.1) is 0 Å². The highest BCUT2D eigenvalue weighted by Gasteiger charge is 2.24. The number of hydrogen-bond donors (Lipinski definition) is 3. The Morgan fingerprint density at radius 3 is 2.95 bits per heavy atom. The van der Waals surface area contributed by atoms with Crippen molar-refractivity contribution in [1.29, 1.82) is 0 Å². The molecule has 4 N–H and O–H groups in total. The maximum absolute atomic E-state index is 12.3. The second-order valence-electron chi connectivity index (χ2n) is 4.71. The van der Waals surface area contributed by atoms with Crippen molar-refractivity contribution in [3.05, 3.63) is 23.8 Å². The summed E-state index contributed by atoms with van der Waals surface area (Å²) in [4.78, 5) is 12.3. The van der Waals surface area contributed by atoms with E-state index in [2.05, 4.69) is 10.5 Å². The van der Waals surface area contributed by atoms with Gasteiger partial charge < -0.3 is 25.7 Å². The van der Waals surface area contributed by atoms with Crippen molar-refractivity contribution >= 4 is 17.4 Å². The Bertz CT molecular complexity index is 539. The lowest BCUT2D eigenvalue weighted by Gasteiger charge is -2.23. The molecule has 0 aliphatic carbocycles. The van der Waals surface area contributed by atoms with E-state index < -0.39 is 6.10 Å². The fourth-order valence-electron chi connectivity index (χ4n) is 2.25. The number of nitrogens with two attached hydrogens (primary N) is 1. The highest BCUT2D eigenvalue weighted by Crippen LogP contribution is 2.29. The number of para-hydroxylation sites is 1. The molecule has 1 unspecified atom stereocenters. The van der Waals surface area contributed by atoms with Crippen LogP contribution >= 0.6 is 0 Å². The highest BCUT2D eigenvalue weighted by molar-refractivity contribution is 6.07. The van der Waals surface area contributed by atoms with Crippen molar-refractivity contribution in [1.82, 2.24) is 0 Å². The van der Waals surface area contributed by atoms with Crippen LogP contribution in [0.5, 0.6) is 5.75 Å². The van der Waals surface area contributed by atoms with E-state index in [0.717, 1.165) is 12.8 Å². The number of carbonyl (C=O) groups excluding carboxylic acids is 1. The highest BCUT2D eigenvalue weighted by atomic mass is 16.5. The maximum atomic E-state index is 12.3. The van der Waals surface area contributed by atoms with Crippen molar-refractivity contribution in [2.75, 3.05) is 19.0 Å². The molecule has 0 saturated carbocycles. The van der Waals surface area contributed by atoms with Gasteiger partial charge in [0, 0.05) is 12.2 Å². The quantitative estimate of drug-likeness (QED) is 0.336. The van der Waals surface area contributed by atoms with Crippen molar-refractivity contribution in [2.24, 2.45) is 10.9 Å². The third-order valence-electron chi connectivity index (χ3n) is 3.35. The van der Waals surface area contributed by atoms with Crippen LogP contribution in [0.25, 0.3) is 0 Å². The van der Waals surface area contributed by atoms with Gasteiger partial charge in [0.25, 0.3) is 5.91 Å². The van der Waals surface area contributed by atoms with Gasteiger partial charge in [-0.2, -0.15) is 0 Å². The zero-order valence-corrected chi connectivity index (χ0v) is 11.8. The minimum absolute atomic E-state index is 0.103. The van der Waals surface area contributed by atoms with Gasteiger partial charge in [-0.3, -0.25) is 4.79 Å². The topological polar surface area (TPSA) is 106 Å². The third kappa shape index (κ3) is 3.43. The van der Waals surface area contributed by atoms with Gasteiger partial charge in [-0.25, -0.2) is 0 Å². The number of carbonyl (C=O) groups is 1. The lowest BCUT2D eigenvalue weighted by atomic mass is 10.1. The van der Waals surface area contributed by atoms with Crippen LogP contribution in [0.3, 0.4) is 0 Å². The molecule has 0 spiro atoms. The van der Waals surface area contributed by atoms with E-state index in [1.54, 1.807) is 18.2 Å². The van der Waals surface area contributed by atoms with Crippen LogP contribution < -0.4 is 15.8 Å². The summed E-state index contributed by atoms with van der Waals surface area (Å²) in [7, 11) is 1.48. The van der Waals surface area contributed by atoms with E-state index >= 15 is 0 Å². The van der Waals surface area contributed by atoms with Gasteiger partial charge in [0.05, 0.1) is 12.8 Å². The Balaban J connectivity index is 2.26. The third-order valence-corrected chi connectivity index (χ3v) is 3.35. The molecule has 1 aromatic carbocycles. The number of amidine groups is 1. The van der Waals surface area contributed by atoms with Crippen LogP contribution in [0.1, 0.15) is 24.8 Å². The van der Waals surface area contributed by atoms with E-state index in [-0.39, 0.29) is 11.7 Å². The monoisotopic (exact) mass is 293 g/mol. The minimum Gasteiger partial charge on any atom is -0.495 e. The van der Waals surface area contributed by atoms with Crippen LogP contribution in [0.2, 0.25) is 0 Å². The number of nitrogens with one attached hydrogen (secondary N) is 1. The average molecular weight is 293 g/mol. The Kier molecular flexibility index (Phi) is 4.99. The maximum Gasteiger partial charge on any atom is 0.253 e. The van der Waals surface area contributed by atoms with E-state index in [4.69, 9.17) is 20.4 Å².